The Morgan fingerprint density at radius 3 is 3.10 bits per heavy atom. The normalized spacial score (nSPS) is 40.8. The first-order valence-corrected chi connectivity index (χ1v) is 4.30. The smallest absolute Gasteiger partial charge is 0.0587 e. The maximum atomic E-state index is 5.63. The third kappa shape index (κ3) is 1.32. The average molecular weight is 141 g/mol. The lowest BCUT2D eigenvalue weighted by molar-refractivity contribution is 0.0484. The zero-order chi connectivity index (χ0) is 6.81. The lowest BCUT2D eigenvalue weighted by Gasteiger charge is -2.17. The summed E-state index contributed by atoms with van der Waals surface area (Å²) >= 11 is 0. The fraction of sp³-hybridized carbons (Fsp3) is 1.00. The molecule has 10 heavy (non-hydrogen) atoms. The topological polar surface area (TPSA) is 21.3 Å². The maximum absolute atomic E-state index is 5.63. The van der Waals surface area contributed by atoms with E-state index in [0.29, 0.717) is 6.10 Å². The van der Waals surface area contributed by atoms with E-state index in [1.54, 1.807) is 0 Å². The Morgan fingerprint density at radius 2 is 2.10 bits per heavy atom. The van der Waals surface area contributed by atoms with Gasteiger partial charge in [0.1, 0.15) is 0 Å². The minimum absolute atomic E-state index is 0.569. The van der Waals surface area contributed by atoms with Gasteiger partial charge in [-0.2, -0.15) is 0 Å². The quantitative estimate of drug-likeness (QED) is 0.541. The van der Waals surface area contributed by atoms with Crippen LogP contribution in [0.15, 0.2) is 0 Å². The molecule has 58 valence electrons. The van der Waals surface area contributed by atoms with Crippen LogP contribution in [0.5, 0.6) is 0 Å². The third-order valence-corrected chi connectivity index (χ3v) is 2.56. The fourth-order valence-corrected chi connectivity index (χ4v) is 1.87. The molecular weight excluding hydrogens is 126 g/mol. The number of rotatable bonds is 0. The van der Waals surface area contributed by atoms with Gasteiger partial charge in [0.25, 0.3) is 0 Å². The maximum Gasteiger partial charge on any atom is 0.0587 e. The molecule has 2 aliphatic heterocycles. The Kier molecular flexibility index (Phi) is 1.91. The molecule has 0 aliphatic carbocycles. The van der Waals surface area contributed by atoms with Gasteiger partial charge in [0.05, 0.1) is 6.10 Å². The van der Waals surface area contributed by atoms with Gasteiger partial charge in [0.15, 0.2) is 0 Å². The molecule has 2 nitrogen and oxygen atoms in total. The zero-order valence-corrected chi connectivity index (χ0v) is 6.31. The van der Waals surface area contributed by atoms with Crippen LogP contribution in [0.4, 0.5) is 0 Å². The van der Waals surface area contributed by atoms with Gasteiger partial charge in [-0.05, 0) is 32.2 Å². The number of nitrogens with one attached hydrogen (secondary N) is 1. The van der Waals surface area contributed by atoms with Gasteiger partial charge in [-0.15, -0.1) is 0 Å². The Balaban J connectivity index is 2.01. The lowest BCUT2D eigenvalue weighted by atomic mass is 10.1. The third-order valence-electron chi connectivity index (χ3n) is 2.56. The molecule has 0 spiro atoms. The average Bonchev–Trinajstić information content (AvgIpc) is 2.17. The highest BCUT2D eigenvalue weighted by Gasteiger charge is 2.22. The second-order valence-corrected chi connectivity index (χ2v) is 3.30. The van der Waals surface area contributed by atoms with Crippen molar-refractivity contribution in [1.82, 2.24) is 5.32 Å². The molecule has 0 aromatic heterocycles. The highest BCUT2D eigenvalue weighted by Crippen LogP contribution is 2.19. The van der Waals surface area contributed by atoms with Crippen molar-refractivity contribution in [3.05, 3.63) is 0 Å². The highest BCUT2D eigenvalue weighted by molar-refractivity contribution is 4.78. The summed E-state index contributed by atoms with van der Waals surface area (Å²) in [5, 5.41) is 3.53. The molecular formula is C8H15NO. The molecule has 0 amide bonds. The van der Waals surface area contributed by atoms with Crippen LogP contribution in [-0.4, -0.2) is 25.3 Å². The van der Waals surface area contributed by atoms with Gasteiger partial charge in [-0.25, -0.2) is 0 Å². The van der Waals surface area contributed by atoms with E-state index in [4.69, 9.17) is 4.74 Å². The van der Waals surface area contributed by atoms with Crippen LogP contribution in [0.25, 0.3) is 0 Å². The number of ether oxygens (including phenoxy) is 1. The number of fused-ring (bicyclic) bond motifs is 3. The van der Waals surface area contributed by atoms with Crippen LogP contribution < -0.4 is 5.32 Å². The van der Waals surface area contributed by atoms with E-state index in [2.05, 4.69) is 5.32 Å². The summed E-state index contributed by atoms with van der Waals surface area (Å²) < 4.78 is 5.63. The fourth-order valence-electron chi connectivity index (χ4n) is 1.87. The van der Waals surface area contributed by atoms with Crippen molar-refractivity contribution in [3.63, 3.8) is 0 Å². The molecule has 1 N–H and O–H groups in total. The van der Waals surface area contributed by atoms with E-state index >= 15 is 0 Å². The highest BCUT2D eigenvalue weighted by atomic mass is 16.5. The van der Waals surface area contributed by atoms with E-state index in [-0.39, 0.29) is 0 Å². The summed E-state index contributed by atoms with van der Waals surface area (Å²) in [6, 6.07) is 0.757. The van der Waals surface area contributed by atoms with Crippen LogP contribution >= 0.6 is 0 Å². The van der Waals surface area contributed by atoms with Gasteiger partial charge in [-0.1, -0.05) is 0 Å². The molecule has 0 aromatic carbocycles. The Bertz CT molecular complexity index is 93.8. The van der Waals surface area contributed by atoms with E-state index in [1.165, 1.54) is 25.7 Å². The van der Waals surface area contributed by atoms with Crippen molar-refractivity contribution in [2.45, 2.75) is 37.8 Å². The lowest BCUT2D eigenvalue weighted by Crippen LogP contribution is -2.31. The van der Waals surface area contributed by atoms with E-state index < -0.39 is 0 Å². The summed E-state index contributed by atoms with van der Waals surface area (Å²) in [4.78, 5) is 0. The number of hydrogen-bond donors (Lipinski definition) is 1. The van der Waals surface area contributed by atoms with Crippen molar-refractivity contribution in [2.75, 3.05) is 13.2 Å². The molecule has 2 heterocycles. The van der Waals surface area contributed by atoms with Crippen molar-refractivity contribution in [3.8, 4) is 0 Å². The van der Waals surface area contributed by atoms with Crippen molar-refractivity contribution in [2.24, 2.45) is 0 Å². The predicted octanol–water partition coefficient (Wildman–Crippen LogP) is 0.917. The van der Waals surface area contributed by atoms with Crippen molar-refractivity contribution in [1.29, 1.82) is 0 Å². The first-order chi connectivity index (χ1) is 4.95. The van der Waals surface area contributed by atoms with Gasteiger partial charge in [-0.3, -0.25) is 0 Å². The first-order valence-electron chi connectivity index (χ1n) is 4.30. The molecule has 2 fully saturated rings. The predicted molar refractivity (Wildman–Crippen MR) is 40.0 cm³/mol. The van der Waals surface area contributed by atoms with Crippen molar-refractivity contribution < 1.29 is 4.74 Å². The molecule has 0 saturated carbocycles. The van der Waals surface area contributed by atoms with Gasteiger partial charge >= 0.3 is 0 Å². The van der Waals surface area contributed by atoms with Gasteiger partial charge < -0.3 is 10.1 Å². The van der Waals surface area contributed by atoms with Crippen LogP contribution in [0, 0.1) is 0 Å². The van der Waals surface area contributed by atoms with Crippen LogP contribution in [0.1, 0.15) is 25.7 Å². The van der Waals surface area contributed by atoms with Gasteiger partial charge in [0, 0.05) is 12.6 Å². The standard InChI is InChI=1S/C8H15NO/c1-2-8-3-5-9-7(1)4-6-10-8/h7-9H,1-6H2. The van der Waals surface area contributed by atoms with Crippen LogP contribution in [0.2, 0.25) is 0 Å². The van der Waals surface area contributed by atoms with E-state index in [1.807, 2.05) is 0 Å². The second kappa shape index (κ2) is 2.89. The summed E-state index contributed by atoms with van der Waals surface area (Å²) in [6.07, 6.45) is 5.61. The molecule has 2 saturated heterocycles. The minimum Gasteiger partial charge on any atom is -0.378 e. The number of hydrogen-bond acceptors (Lipinski definition) is 2. The minimum atomic E-state index is 0.569. The molecule has 0 aromatic rings. The summed E-state index contributed by atoms with van der Waals surface area (Å²) in [5.41, 5.74) is 0. The Labute approximate surface area is 61.9 Å². The van der Waals surface area contributed by atoms with Crippen LogP contribution in [-0.2, 0) is 4.74 Å². The van der Waals surface area contributed by atoms with Crippen molar-refractivity contribution >= 4 is 0 Å². The Hall–Kier alpha value is -0.0800. The Morgan fingerprint density at radius 1 is 1.10 bits per heavy atom. The molecule has 2 unspecified atom stereocenters. The van der Waals surface area contributed by atoms with E-state index in [9.17, 15) is 0 Å². The summed E-state index contributed by atoms with van der Waals surface area (Å²) in [7, 11) is 0. The molecule has 2 heteroatoms. The van der Waals surface area contributed by atoms with Gasteiger partial charge in [0.2, 0.25) is 0 Å². The summed E-state index contributed by atoms with van der Waals surface area (Å²) in [6.45, 7) is 2.14. The zero-order valence-electron chi connectivity index (χ0n) is 6.31. The first kappa shape index (κ1) is 6.62. The monoisotopic (exact) mass is 141 g/mol. The molecule has 2 rings (SSSR count). The SMILES string of the molecule is C1CC2CCC(CCO2)N1. The second-order valence-electron chi connectivity index (χ2n) is 3.30. The van der Waals surface area contributed by atoms with Crippen LogP contribution in [0.3, 0.4) is 0 Å². The summed E-state index contributed by atoms with van der Waals surface area (Å²) in [5.74, 6) is 0. The molecule has 2 atom stereocenters. The molecule has 2 aliphatic rings. The largest absolute Gasteiger partial charge is 0.378 e. The molecule has 2 bridgehead atoms. The molecule has 0 radical (unpaired) electrons. The van der Waals surface area contributed by atoms with E-state index in [0.717, 1.165) is 19.2 Å².